The number of benzene rings is 3. The third kappa shape index (κ3) is 7.86. The molecule has 1 aliphatic heterocycles. The summed E-state index contributed by atoms with van der Waals surface area (Å²) in [6.45, 7) is 4.23. The summed E-state index contributed by atoms with van der Waals surface area (Å²) in [5, 5.41) is 12.7. The molecule has 2 atom stereocenters. The van der Waals surface area contributed by atoms with Crippen LogP contribution in [0.1, 0.15) is 35.6 Å². The molecule has 3 N–H and O–H groups in total. The van der Waals surface area contributed by atoms with Crippen molar-refractivity contribution in [3.63, 3.8) is 0 Å². The van der Waals surface area contributed by atoms with Crippen LogP contribution >= 0.6 is 0 Å². The monoisotopic (exact) mass is 610 g/mol. The first kappa shape index (κ1) is 31.9. The minimum atomic E-state index is -4.81. The van der Waals surface area contributed by atoms with E-state index in [1.54, 1.807) is 48.5 Å². The Bertz CT molecular complexity index is 1530. The Kier molecular flexibility index (Phi) is 10.5. The number of rotatable bonds is 14. The predicted molar refractivity (Wildman–Crippen MR) is 155 cm³/mol. The summed E-state index contributed by atoms with van der Waals surface area (Å²) in [4.78, 5) is 21.5. The standard InChI is InChI=1S/C30H29F3N6O5/c1-2-16-29(28(41)38-35-19-20-8-12-23(13-9-20)44-30(31,32)33)26(24-6-3-4-7-25(24)37-39-34)43-27(36-29)21-10-14-22(15-11-21)42-18-5-17-40/h2-4,6-15,26,35,40H,1,5,16-19H2,(H,38,41)/t26-,29-/m0/s1. The lowest BCUT2D eigenvalue weighted by Crippen LogP contribution is -2.52. The number of ether oxygens (including phenoxy) is 3. The van der Waals surface area contributed by atoms with Crippen LogP contribution in [0.15, 0.2) is 95.6 Å². The molecule has 0 fully saturated rings. The fourth-order valence-electron chi connectivity index (χ4n) is 4.50. The summed E-state index contributed by atoms with van der Waals surface area (Å²) < 4.78 is 53.2. The van der Waals surface area contributed by atoms with Gasteiger partial charge in [0.25, 0.3) is 5.91 Å². The first-order valence-electron chi connectivity index (χ1n) is 13.4. The van der Waals surface area contributed by atoms with Crippen molar-refractivity contribution >= 4 is 17.5 Å². The molecule has 0 saturated heterocycles. The van der Waals surface area contributed by atoms with Crippen LogP contribution in [0, 0.1) is 0 Å². The van der Waals surface area contributed by atoms with E-state index in [0.29, 0.717) is 35.5 Å². The highest BCUT2D eigenvalue weighted by molar-refractivity contribution is 6.01. The van der Waals surface area contributed by atoms with Crippen molar-refractivity contribution in [3.05, 3.63) is 113 Å². The summed E-state index contributed by atoms with van der Waals surface area (Å²) >= 11 is 0. The van der Waals surface area contributed by atoms with Crippen LogP contribution in [0.25, 0.3) is 10.4 Å². The van der Waals surface area contributed by atoms with E-state index in [4.69, 9.17) is 25.1 Å². The zero-order chi connectivity index (χ0) is 31.6. The number of azide groups is 1. The Labute approximate surface area is 250 Å². The molecule has 3 aromatic carbocycles. The minimum Gasteiger partial charge on any atom is -0.494 e. The van der Waals surface area contributed by atoms with Crippen molar-refractivity contribution < 1.29 is 37.3 Å². The van der Waals surface area contributed by atoms with Crippen molar-refractivity contribution in [1.29, 1.82) is 0 Å². The van der Waals surface area contributed by atoms with Gasteiger partial charge in [0.1, 0.15) is 11.5 Å². The molecule has 0 bridgehead atoms. The molecule has 4 rings (SSSR count). The van der Waals surface area contributed by atoms with Gasteiger partial charge in [0.05, 0.1) is 6.61 Å². The van der Waals surface area contributed by atoms with Gasteiger partial charge in [0.15, 0.2) is 11.6 Å². The van der Waals surface area contributed by atoms with E-state index in [2.05, 4.69) is 32.2 Å². The van der Waals surface area contributed by atoms with Crippen molar-refractivity contribution in [3.8, 4) is 11.5 Å². The van der Waals surface area contributed by atoms with Crippen LogP contribution in [0.2, 0.25) is 0 Å². The maximum absolute atomic E-state index is 13.9. The zero-order valence-corrected chi connectivity index (χ0v) is 23.3. The number of hydrogen-bond acceptors (Lipinski definition) is 8. The number of carbonyl (C=O) groups is 1. The number of aliphatic imine (C=N–C) groups is 1. The average molecular weight is 611 g/mol. The molecule has 1 amide bonds. The smallest absolute Gasteiger partial charge is 0.494 e. The molecule has 0 aromatic heterocycles. The van der Waals surface area contributed by atoms with E-state index in [0.717, 1.165) is 0 Å². The summed E-state index contributed by atoms with van der Waals surface area (Å²) in [6.07, 6.45) is -3.80. The van der Waals surface area contributed by atoms with Crippen LogP contribution in [-0.2, 0) is 16.1 Å². The van der Waals surface area contributed by atoms with E-state index in [1.165, 1.54) is 30.3 Å². The molecule has 0 radical (unpaired) electrons. The molecule has 0 saturated carbocycles. The fraction of sp³-hybridized carbons (Fsp3) is 0.267. The van der Waals surface area contributed by atoms with Gasteiger partial charge in [-0.15, -0.1) is 19.8 Å². The number of amides is 1. The van der Waals surface area contributed by atoms with Crippen LogP contribution in [0.5, 0.6) is 11.5 Å². The molecule has 0 unspecified atom stereocenters. The second-order valence-corrected chi connectivity index (χ2v) is 9.53. The Morgan fingerprint density at radius 3 is 2.50 bits per heavy atom. The van der Waals surface area contributed by atoms with Gasteiger partial charge in [0.2, 0.25) is 5.90 Å². The SMILES string of the molecule is C=CC[C@]1(C(=O)NNCc2ccc(OC(F)(F)F)cc2)N=C(c2ccc(OCCCO)cc2)O[C@H]1c1ccccc1N=[N+]=[N-]. The van der Waals surface area contributed by atoms with Gasteiger partial charge in [-0.05, 0) is 47.5 Å². The Morgan fingerprint density at radius 2 is 1.84 bits per heavy atom. The van der Waals surface area contributed by atoms with Gasteiger partial charge in [-0.1, -0.05) is 47.6 Å². The number of hydrazine groups is 1. The third-order valence-corrected chi connectivity index (χ3v) is 6.51. The topological polar surface area (TPSA) is 150 Å². The van der Waals surface area contributed by atoms with Crippen LogP contribution < -0.4 is 20.3 Å². The van der Waals surface area contributed by atoms with Gasteiger partial charge >= 0.3 is 6.36 Å². The number of halogens is 3. The van der Waals surface area contributed by atoms with Crippen molar-refractivity contribution in [2.75, 3.05) is 13.2 Å². The largest absolute Gasteiger partial charge is 0.573 e. The van der Waals surface area contributed by atoms with E-state index < -0.39 is 23.9 Å². The molecule has 44 heavy (non-hydrogen) atoms. The number of aliphatic hydroxyl groups is 1. The Hall–Kier alpha value is -5.04. The fourth-order valence-corrected chi connectivity index (χ4v) is 4.50. The highest BCUT2D eigenvalue weighted by atomic mass is 19.4. The predicted octanol–water partition coefficient (Wildman–Crippen LogP) is 5.94. The highest BCUT2D eigenvalue weighted by Gasteiger charge is 2.53. The van der Waals surface area contributed by atoms with Crippen LogP contribution in [-0.4, -0.2) is 42.0 Å². The van der Waals surface area contributed by atoms with Crippen LogP contribution in [0.3, 0.4) is 0 Å². The third-order valence-electron chi connectivity index (χ3n) is 6.51. The summed E-state index contributed by atoms with van der Waals surface area (Å²) in [5.74, 6) is -0.228. The van der Waals surface area contributed by atoms with E-state index in [9.17, 15) is 18.0 Å². The summed E-state index contributed by atoms with van der Waals surface area (Å²) in [5.41, 5.74) is 14.8. The molecule has 0 spiro atoms. The number of hydrogen-bond donors (Lipinski definition) is 3. The highest BCUT2D eigenvalue weighted by Crippen LogP contribution is 2.45. The van der Waals surface area contributed by atoms with Gasteiger partial charge < -0.3 is 19.3 Å². The van der Waals surface area contributed by atoms with Gasteiger partial charge in [0, 0.05) is 47.7 Å². The average Bonchev–Trinajstić information content (AvgIpc) is 3.39. The minimum absolute atomic E-state index is 0.00689. The lowest BCUT2D eigenvalue weighted by atomic mass is 9.84. The maximum Gasteiger partial charge on any atom is 0.573 e. The maximum atomic E-state index is 13.9. The van der Waals surface area contributed by atoms with Gasteiger partial charge in [-0.3, -0.25) is 10.2 Å². The number of alkyl halides is 3. The Morgan fingerprint density at radius 1 is 1.14 bits per heavy atom. The van der Waals surface area contributed by atoms with Crippen molar-refractivity contribution in [2.24, 2.45) is 10.1 Å². The molecule has 1 aliphatic rings. The lowest BCUT2D eigenvalue weighted by Gasteiger charge is -2.30. The van der Waals surface area contributed by atoms with Gasteiger partial charge in [-0.2, -0.15) is 0 Å². The summed E-state index contributed by atoms with van der Waals surface area (Å²) in [7, 11) is 0. The van der Waals surface area contributed by atoms with Crippen molar-refractivity contribution in [1.82, 2.24) is 10.9 Å². The lowest BCUT2D eigenvalue weighted by molar-refractivity contribution is -0.274. The Balaban J connectivity index is 1.61. The number of carbonyl (C=O) groups excluding carboxylic acids is 1. The molecule has 3 aromatic rings. The van der Waals surface area contributed by atoms with Crippen molar-refractivity contribution in [2.45, 2.75) is 37.4 Å². The molecule has 11 nitrogen and oxygen atoms in total. The second-order valence-electron chi connectivity index (χ2n) is 9.53. The molecule has 14 heteroatoms. The first-order valence-corrected chi connectivity index (χ1v) is 13.4. The van der Waals surface area contributed by atoms with Crippen LogP contribution in [0.4, 0.5) is 18.9 Å². The second kappa shape index (κ2) is 14.4. The van der Waals surface area contributed by atoms with E-state index in [1.807, 2.05) is 0 Å². The molecule has 1 heterocycles. The zero-order valence-electron chi connectivity index (χ0n) is 23.3. The number of nitrogens with zero attached hydrogens (tertiary/aromatic N) is 4. The molecule has 0 aliphatic carbocycles. The van der Waals surface area contributed by atoms with E-state index in [-0.39, 0.29) is 36.9 Å². The van der Waals surface area contributed by atoms with E-state index >= 15 is 0 Å². The number of nitrogens with one attached hydrogen (secondary N) is 2. The van der Waals surface area contributed by atoms with Gasteiger partial charge in [-0.25, -0.2) is 10.4 Å². The quantitative estimate of drug-likeness (QED) is 0.0513. The molecular weight excluding hydrogens is 581 g/mol. The normalized spacial score (nSPS) is 17.5. The molecule has 230 valence electrons. The first-order chi connectivity index (χ1) is 21.2. The summed E-state index contributed by atoms with van der Waals surface area (Å²) in [6, 6.07) is 18.7. The molecular formula is C30H29F3N6O5. The number of aliphatic hydroxyl groups excluding tert-OH is 1.